The zero-order valence-corrected chi connectivity index (χ0v) is 16.2. The van der Waals surface area contributed by atoms with Crippen molar-refractivity contribution in [2.75, 3.05) is 27.7 Å². The van der Waals surface area contributed by atoms with E-state index >= 15 is 0 Å². The number of rotatable bonds is 6. The SMILES string of the molecule is C[N+](C)(C)CC(=O)N/N=C(\C[C@@H]1OC(=O)c2ccccc21)c1ccccc1O. The van der Waals surface area contributed by atoms with Crippen molar-refractivity contribution < 1.29 is 23.9 Å². The zero-order chi connectivity index (χ0) is 20.3. The first-order chi connectivity index (χ1) is 13.2. The summed E-state index contributed by atoms with van der Waals surface area (Å²) in [5.74, 6) is -0.588. The lowest BCUT2D eigenvalue weighted by atomic mass is 9.97. The van der Waals surface area contributed by atoms with Gasteiger partial charge in [-0.25, -0.2) is 10.2 Å². The molecular weight excluding hydrogens is 358 g/mol. The van der Waals surface area contributed by atoms with Gasteiger partial charge in [-0.15, -0.1) is 0 Å². The van der Waals surface area contributed by atoms with Crippen molar-refractivity contribution in [2.45, 2.75) is 12.5 Å². The number of quaternary nitrogens is 1. The maximum atomic E-state index is 12.2. The van der Waals surface area contributed by atoms with Gasteiger partial charge in [0.15, 0.2) is 6.54 Å². The first kappa shape index (κ1) is 19.6. The van der Waals surface area contributed by atoms with Crippen LogP contribution >= 0.6 is 0 Å². The first-order valence-electron chi connectivity index (χ1n) is 8.99. The third-order valence-corrected chi connectivity index (χ3v) is 4.30. The molecule has 0 radical (unpaired) electrons. The smallest absolute Gasteiger partial charge is 0.339 e. The highest BCUT2D eigenvalue weighted by molar-refractivity contribution is 6.04. The van der Waals surface area contributed by atoms with Crippen LogP contribution in [-0.2, 0) is 9.53 Å². The van der Waals surface area contributed by atoms with E-state index in [0.29, 0.717) is 21.3 Å². The number of ether oxygens (including phenoxy) is 1. The predicted molar refractivity (Wildman–Crippen MR) is 105 cm³/mol. The van der Waals surface area contributed by atoms with E-state index in [0.717, 1.165) is 5.56 Å². The second kappa shape index (κ2) is 7.82. The topological polar surface area (TPSA) is 88.0 Å². The Kier molecular flexibility index (Phi) is 5.46. The Bertz CT molecular complexity index is 931. The number of likely N-dealkylation sites (N-methyl/N-ethyl adjacent to an activating group) is 1. The molecule has 2 N–H and O–H groups in total. The number of carbonyl (C=O) groups is 2. The van der Waals surface area contributed by atoms with Crippen LogP contribution in [0.3, 0.4) is 0 Å². The summed E-state index contributed by atoms with van der Waals surface area (Å²) >= 11 is 0. The number of hydrogen-bond donors (Lipinski definition) is 2. The van der Waals surface area contributed by atoms with Crippen molar-refractivity contribution >= 4 is 17.6 Å². The van der Waals surface area contributed by atoms with Crippen molar-refractivity contribution in [3.05, 3.63) is 65.2 Å². The molecule has 7 nitrogen and oxygen atoms in total. The van der Waals surface area contributed by atoms with E-state index in [1.165, 1.54) is 0 Å². The van der Waals surface area contributed by atoms with E-state index in [-0.39, 0.29) is 30.6 Å². The van der Waals surface area contributed by atoms with Gasteiger partial charge in [0.25, 0.3) is 5.91 Å². The summed E-state index contributed by atoms with van der Waals surface area (Å²) < 4.78 is 5.95. The van der Waals surface area contributed by atoms with Gasteiger partial charge in [0.1, 0.15) is 11.9 Å². The van der Waals surface area contributed by atoms with Crippen LogP contribution in [0.4, 0.5) is 0 Å². The average molecular weight is 382 g/mol. The summed E-state index contributed by atoms with van der Waals surface area (Å²) in [6.07, 6.45) is -0.303. The van der Waals surface area contributed by atoms with Crippen molar-refractivity contribution in [1.29, 1.82) is 0 Å². The molecule has 2 aromatic carbocycles. The van der Waals surface area contributed by atoms with Crippen LogP contribution in [0.15, 0.2) is 53.6 Å². The van der Waals surface area contributed by atoms with Crippen LogP contribution in [0.25, 0.3) is 0 Å². The van der Waals surface area contributed by atoms with E-state index in [9.17, 15) is 14.7 Å². The summed E-state index contributed by atoms with van der Waals surface area (Å²) in [7, 11) is 5.71. The molecule has 0 aromatic heterocycles. The highest BCUT2D eigenvalue weighted by Crippen LogP contribution is 2.34. The lowest BCUT2D eigenvalue weighted by Crippen LogP contribution is -2.43. The van der Waals surface area contributed by atoms with E-state index in [1.54, 1.807) is 36.4 Å². The minimum absolute atomic E-state index is 0.0414. The normalized spacial score (nSPS) is 16.5. The molecule has 0 saturated heterocycles. The van der Waals surface area contributed by atoms with E-state index in [1.807, 2.05) is 33.3 Å². The highest BCUT2D eigenvalue weighted by Gasteiger charge is 2.32. The molecular formula is C21H24N3O4+. The van der Waals surface area contributed by atoms with Crippen LogP contribution < -0.4 is 5.43 Å². The molecule has 1 aliphatic heterocycles. The van der Waals surface area contributed by atoms with Crippen LogP contribution in [0.5, 0.6) is 5.75 Å². The monoisotopic (exact) mass is 382 g/mol. The van der Waals surface area contributed by atoms with Gasteiger partial charge in [-0.3, -0.25) is 4.79 Å². The molecule has 1 atom stereocenters. The molecule has 0 unspecified atom stereocenters. The minimum atomic E-state index is -0.530. The summed E-state index contributed by atoms with van der Waals surface area (Å²) in [4.78, 5) is 24.3. The molecule has 0 bridgehead atoms. The molecule has 0 aliphatic carbocycles. The molecule has 0 fully saturated rings. The molecule has 7 heteroatoms. The van der Waals surface area contributed by atoms with Crippen LogP contribution in [-0.4, -0.2) is 54.9 Å². The number of benzene rings is 2. The second-order valence-electron chi connectivity index (χ2n) is 7.74. The quantitative estimate of drug-likeness (QED) is 0.347. The van der Waals surface area contributed by atoms with Crippen LogP contribution in [0, 0.1) is 0 Å². The van der Waals surface area contributed by atoms with Gasteiger partial charge in [0, 0.05) is 17.5 Å². The molecule has 3 rings (SSSR count). The van der Waals surface area contributed by atoms with Gasteiger partial charge in [-0.1, -0.05) is 30.3 Å². The minimum Gasteiger partial charge on any atom is -0.507 e. The number of para-hydroxylation sites is 1. The molecule has 2 aromatic rings. The highest BCUT2D eigenvalue weighted by atomic mass is 16.5. The molecule has 1 aliphatic rings. The number of hydrogen-bond acceptors (Lipinski definition) is 5. The predicted octanol–water partition coefficient (Wildman–Crippen LogP) is 2.22. The Labute approximate surface area is 163 Å². The van der Waals surface area contributed by atoms with Gasteiger partial charge in [-0.05, 0) is 18.2 Å². The number of hydrazone groups is 1. The average Bonchev–Trinajstić information content (AvgIpc) is 2.94. The molecule has 28 heavy (non-hydrogen) atoms. The lowest BCUT2D eigenvalue weighted by Gasteiger charge is -2.22. The third kappa shape index (κ3) is 4.55. The van der Waals surface area contributed by atoms with E-state index in [2.05, 4.69) is 10.5 Å². The number of esters is 1. The Hall–Kier alpha value is -3.19. The number of carbonyl (C=O) groups excluding carboxylic acids is 2. The number of cyclic esters (lactones) is 1. The van der Waals surface area contributed by atoms with Gasteiger partial charge >= 0.3 is 5.97 Å². The fraction of sp³-hybridized carbons (Fsp3) is 0.286. The van der Waals surface area contributed by atoms with Gasteiger partial charge in [0.2, 0.25) is 0 Å². The summed E-state index contributed by atoms with van der Waals surface area (Å²) in [6.45, 7) is 0.249. The second-order valence-corrected chi connectivity index (χ2v) is 7.74. The molecule has 1 amide bonds. The number of fused-ring (bicyclic) bond motifs is 1. The summed E-state index contributed by atoms with van der Waals surface area (Å²) in [5.41, 5.74) is 4.77. The fourth-order valence-corrected chi connectivity index (χ4v) is 3.08. The van der Waals surface area contributed by atoms with Gasteiger partial charge < -0.3 is 14.3 Å². The first-order valence-corrected chi connectivity index (χ1v) is 8.99. The Morgan fingerprint density at radius 3 is 2.54 bits per heavy atom. The maximum absolute atomic E-state index is 12.2. The number of aromatic hydroxyl groups is 1. The number of nitrogens with one attached hydrogen (secondary N) is 1. The van der Waals surface area contributed by atoms with Crippen LogP contribution in [0.1, 0.15) is 34.0 Å². The van der Waals surface area contributed by atoms with E-state index in [4.69, 9.17) is 4.74 Å². The lowest BCUT2D eigenvalue weighted by molar-refractivity contribution is -0.862. The van der Waals surface area contributed by atoms with Gasteiger partial charge in [-0.2, -0.15) is 5.10 Å². The molecule has 1 heterocycles. The number of phenols is 1. The molecule has 0 saturated carbocycles. The zero-order valence-electron chi connectivity index (χ0n) is 16.2. The van der Waals surface area contributed by atoms with E-state index < -0.39 is 6.10 Å². The van der Waals surface area contributed by atoms with Crippen molar-refractivity contribution in [2.24, 2.45) is 5.10 Å². The summed E-state index contributed by atoms with van der Waals surface area (Å²) in [5, 5.41) is 14.5. The van der Waals surface area contributed by atoms with Crippen molar-refractivity contribution in [3.63, 3.8) is 0 Å². The standard InChI is InChI=1S/C21H23N3O4/c1-24(2,3)13-20(26)23-22-17(16-10-6-7-11-18(16)25)12-19-14-8-4-5-9-15(14)21(27)28-19/h4-11,19H,12-13H2,1-3H3,(H-,22,23,25,26)/p+1/t19-/m0/s1. The number of amides is 1. The molecule has 0 spiro atoms. The summed E-state index contributed by atoms with van der Waals surface area (Å²) in [6, 6.07) is 13.9. The van der Waals surface area contributed by atoms with Gasteiger partial charge in [0.05, 0.1) is 32.4 Å². The third-order valence-electron chi connectivity index (χ3n) is 4.30. The number of nitrogens with zero attached hydrogens (tertiary/aromatic N) is 2. The Morgan fingerprint density at radius 2 is 1.82 bits per heavy atom. The largest absolute Gasteiger partial charge is 0.507 e. The fourth-order valence-electron chi connectivity index (χ4n) is 3.08. The maximum Gasteiger partial charge on any atom is 0.339 e. The molecule has 146 valence electrons. The van der Waals surface area contributed by atoms with Crippen molar-refractivity contribution in [3.8, 4) is 5.75 Å². The Balaban J connectivity index is 1.88. The number of phenolic OH excluding ortho intramolecular Hbond substituents is 1. The van der Waals surface area contributed by atoms with Crippen LogP contribution in [0.2, 0.25) is 0 Å². The van der Waals surface area contributed by atoms with Crippen molar-refractivity contribution in [1.82, 2.24) is 5.43 Å². The Morgan fingerprint density at radius 1 is 1.14 bits per heavy atom.